The zero-order valence-corrected chi connectivity index (χ0v) is 7.39. The van der Waals surface area contributed by atoms with Crippen molar-refractivity contribution in [3.05, 3.63) is 0 Å². The van der Waals surface area contributed by atoms with Crippen LogP contribution in [0.2, 0.25) is 0 Å². The Balaban J connectivity index is -0.000000126. The summed E-state index contributed by atoms with van der Waals surface area (Å²) in [6.07, 6.45) is -0.403. The normalized spacial score (nSPS) is 5.67. The Bertz CT molecular complexity index is 193. The van der Waals surface area contributed by atoms with Gasteiger partial charge in [-0.25, -0.2) is 10.4 Å². The maximum absolute atomic E-state index is 9.38. The molecule has 0 unspecified atom stereocenters. The molecule has 68 valence electrons. The van der Waals surface area contributed by atoms with Crippen LogP contribution in [0.5, 0.6) is 0 Å². The number of halogens is 1. The molecule has 0 amide bonds. The van der Waals surface area contributed by atoms with Gasteiger partial charge in [0.2, 0.25) is 0 Å². The van der Waals surface area contributed by atoms with Crippen LogP contribution in [0.15, 0.2) is 4.99 Å². The van der Waals surface area contributed by atoms with Crippen LogP contribution in [0, 0.1) is 16.7 Å². The van der Waals surface area contributed by atoms with Crippen molar-refractivity contribution in [1.29, 1.82) is 10.7 Å². The number of nitrogens with zero attached hydrogens (tertiary/aromatic N) is 2. The summed E-state index contributed by atoms with van der Waals surface area (Å²) in [5.74, 6) is -1.07. The molecule has 0 saturated heterocycles. The minimum Gasteiger partial charge on any atom is -0.480 e. The van der Waals surface area contributed by atoms with Crippen molar-refractivity contribution in [2.24, 2.45) is 4.99 Å². The van der Waals surface area contributed by atoms with Crippen LogP contribution in [0.25, 0.3) is 0 Å². The van der Waals surface area contributed by atoms with E-state index in [0.717, 1.165) is 0 Å². The number of nitriles is 1. The molecule has 0 bridgehead atoms. The summed E-state index contributed by atoms with van der Waals surface area (Å²) in [5, 5.41) is 21.5. The number of aliphatic imine (C=N–C) groups is 1. The molecular weight excluding hydrogens is 182 g/mol. The van der Waals surface area contributed by atoms with Gasteiger partial charge in [-0.15, -0.1) is 12.4 Å². The minimum absolute atomic E-state index is 0. The molecule has 0 aliphatic rings. The second kappa shape index (κ2) is 16.3. The third-order valence-electron chi connectivity index (χ3n) is 0.467. The van der Waals surface area contributed by atoms with Crippen molar-refractivity contribution in [3.63, 3.8) is 0 Å². The highest BCUT2D eigenvalue weighted by atomic mass is 35.5. The number of carboxylic acid groups (broad SMARTS) is 1. The first-order valence-electron chi connectivity index (χ1n) is 2.86. The van der Waals surface area contributed by atoms with Crippen LogP contribution in [0.1, 0.15) is 13.3 Å². The van der Waals surface area contributed by atoms with Gasteiger partial charge in [0, 0.05) is 6.54 Å². The quantitative estimate of drug-likeness (QED) is 0.641. The van der Waals surface area contributed by atoms with E-state index in [1.165, 1.54) is 6.07 Å². The number of carboxylic acids is 1. The Morgan fingerprint density at radius 2 is 2.25 bits per heavy atom. The number of aliphatic carboxylic acids is 1. The molecule has 12 heavy (non-hydrogen) atoms. The molecule has 0 aromatic rings. The maximum Gasteiger partial charge on any atom is 0.317 e. The standard InChI is InChI=1S/C3H6N2.C3H3NO2.ClH/c1-2-5-3-4;4-2-1-3(5)6;/h4H,2H2,1H3;1H2,(H,5,6);1H. The van der Waals surface area contributed by atoms with Gasteiger partial charge in [-0.1, -0.05) is 0 Å². The predicted octanol–water partition coefficient (Wildman–Crippen LogP) is 1.17. The summed E-state index contributed by atoms with van der Waals surface area (Å²) in [7, 11) is 0. The smallest absolute Gasteiger partial charge is 0.317 e. The average molecular weight is 192 g/mol. The lowest BCUT2D eigenvalue weighted by Gasteiger charge is -1.70. The van der Waals surface area contributed by atoms with E-state index in [0.29, 0.717) is 6.54 Å². The molecule has 0 aromatic heterocycles. The molecule has 6 heteroatoms. The van der Waals surface area contributed by atoms with Crippen molar-refractivity contribution >= 4 is 24.4 Å². The fourth-order valence-electron chi connectivity index (χ4n) is 0.147. The zero-order valence-electron chi connectivity index (χ0n) is 6.57. The number of hydrogen-bond acceptors (Lipinski definition) is 4. The highest BCUT2D eigenvalue weighted by Crippen LogP contribution is 1.68. The lowest BCUT2D eigenvalue weighted by Crippen LogP contribution is -1.88. The minimum atomic E-state index is -1.07. The zero-order chi connectivity index (χ0) is 9.11. The molecular formula is C6H10ClN3O2. The summed E-state index contributed by atoms with van der Waals surface area (Å²) >= 11 is 0. The Morgan fingerprint density at radius 3 is 2.25 bits per heavy atom. The van der Waals surface area contributed by atoms with E-state index in [1.54, 1.807) is 0 Å². The Morgan fingerprint density at radius 1 is 1.75 bits per heavy atom. The Hall–Kier alpha value is -1.37. The summed E-state index contributed by atoms with van der Waals surface area (Å²) in [6.45, 7) is 2.53. The fourth-order valence-corrected chi connectivity index (χ4v) is 0.147. The SMILES string of the molecule is CCN=C=N.Cl.N#CCC(=O)O. The average Bonchev–Trinajstić information content (AvgIpc) is 1.90. The lowest BCUT2D eigenvalue weighted by atomic mass is 10.5. The van der Waals surface area contributed by atoms with E-state index < -0.39 is 12.4 Å². The van der Waals surface area contributed by atoms with Gasteiger partial charge in [0.15, 0.2) is 0 Å². The molecule has 0 aromatic carbocycles. The van der Waals surface area contributed by atoms with Crippen LogP contribution in [-0.4, -0.2) is 23.6 Å². The van der Waals surface area contributed by atoms with Crippen LogP contribution >= 0.6 is 12.4 Å². The van der Waals surface area contributed by atoms with Gasteiger partial charge in [0.1, 0.15) is 6.42 Å². The van der Waals surface area contributed by atoms with Gasteiger partial charge in [-0.05, 0) is 6.92 Å². The molecule has 2 N–H and O–H groups in total. The third-order valence-corrected chi connectivity index (χ3v) is 0.467. The maximum atomic E-state index is 9.38. The summed E-state index contributed by atoms with van der Waals surface area (Å²) < 4.78 is 0. The van der Waals surface area contributed by atoms with Crippen LogP contribution in [0.4, 0.5) is 0 Å². The number of hydrogen-bond donors (Lipinski definition) is 2. The van der Waals surface area contributed by atoms with Crippen molar-refractivity contribution in [2.75, 3.05) is 6.54 Å². The van der Waals surface area contributed by atoms with Gasteiger partial charge in [0.25, 0.3) is 0 Å². The largest absolute Gasteiger partial charge is 0.480 e. The molecule has 0 aliphatic carbocycles. The van der Waals surface area contributed by atoms with Gasteiger partial charge >= 0.3 is 5.97 Å². The number of carbonyl (C=O) groups is 1. The van der Waals surface area contributed by atoms with E-state index in [1.807, 2.05) is 12.9 Å². The second-order valence-corrected chi connectivity index (χ2v) is 1.31. The van der Waals surface area contributed by atoms with E-state index in [2.05, 4.69) is 4.99 Å². The second-order valence-electron chi connectivity index (χ2n) is 1.31. The summed E-state index contributed by atoms with van der Waals surface area (Å²) in [6, 6.07) is 3.36. The van der Waals surface area contributed by atoms with Crippen molar-refractivity contribution in [3.8, 4) is 6.07 Å². The molecule has 0 atom stereocenters. The lowest BCUT2D eigenvalue weighted by molar-refractivity contribution is -0.135. The highest BCUT2D eigenvalue weighted by Gasteiger charge is 1.87. The van der Waals surface area contributed by atoms with Crippen LogP contribution < -0.4 is 0 Å². The molecule has 0 rings (SSSR count). The van der Waals surface area contributed by atoms with Gasteiger partial charge < -0.3 is 5.11 Å². The molecule has 0 aliphatic heterocycles. The molecule has 5 nitrogen and oxygen atoms in total. The van der Waals surface area contributed by atoms with E-state index in [-0.39, 0.29) is 12.4 Å². The van der Waals surface area contributed by atoms with Gasteiger partial charge in [0.05, 0.1) is 12.1 Å². The molecule has 0 heterocycles. The van der Waals surface area contributed by atoms with Crippen molar-refractivity contribution < 1.29 is 9.90 Å². The molecule has 0 fully saturated rings. The molecule has 0 spiro atoms. The number of nitrogens with one attached hydrogen (secondary N) is 1. The first-order chi connectivity index (χ1) is 5.18. The van der Waals surface area contributed by atoms with E-state index >= 15 is 0 Å². The van der Waals surface area contributed by atoms with Crippen LogP contribution in [-0.2, 0) is 4.79 Å². The summed E-state index contributed by atoms with van der Waals surface area (Å²) in [5.41, 5.74) is 0. The van der Waals surface area contributed by atoms with E-state index in [4.69, 9.17) is 15.8 Å². The summed E-state index contributed by atoms with van der Waals surface area (Å²) in [4.78, 5) is 12.8. The van der Waals surface area contributed by atoms with Crippen molar-refractivity contribution in [1.82, 2.24) is 0 Å². The fraction of sp³-hybridized carbons (Fsp3) is 0.500. The first kappa shape index (κ1) is 16.9. The van der Waals surface area contributed by atoms with Crippen molar-refractivity contribution in [2.45, 2.75) is 13.3 Å². The predicted molar refractivity (Wildman–Crippen MR) is 45.8 cm³/mol. The molecule has 0 saturated carbocycles. The number of rotatable bonds is 2. The Labute approximate surface area is 76.7 Å². The van der Waals surface area contributed by atoms with Crippen LogP contribution in [0.3, 0.4) is 0 Å². The van der Waals surface area contributed by atoms with Gasteiger partial charge in [-0.3, -0.25) is 4.79 Å². The highest BCUT2D eigenvalue weighted by molar-refractivity contribution is 5.85. The first-order valence-corrected chi connectivity index (χ1v) is 2.86. The topological polar surface area (TPSA) is 97.3 Å². The monoisotopic (exact) mass is 191 g/mol. The third kappa shape index (κ3) is 38.1. The van der Waals surface area contributed by atoms with E-state index in [9.17, 15) is 4.79 Å². The van der Waals surface area contributed by atoms with Gasteiger partial charge in [-0.2, -0.15) is 5.26 Å². The molecule has 0 radical (unpaired) electrons. The Kier molecular flexibility index (Phi) is 23.0.